The van der Waals surface area contributed by atoms with Gasteiger partial charge in [0, 0.05) is 6.42 Å². The first-order chi connectivity index (χ1) is 16.5. The van der Waals surface area contributed by atoms with Gasteiger partial charge in [0.25, 0.3) is 0 Å². The van der Waals surface area contributed by atoms with E-state index in [0.29, 0.717) is 10.8 Å². The fourth-order valence-corrected chi connectivity index (χ4v) is 9.36. The smallest absolute Gasteiger partial charge is 0.320 e. The second-order valence-electron chi connectivity index (χ2n) is 14.2. The van der Waals surface area contributed by atoms with Crippen LogP contribution in [0.1, 0.15) is 119 Å². The van der Waals surface area contributed by atoms with Crippen LogP contribution in [0.4, 0.5) is 0 Å². The SMILES string of the molecule is CC(C)CCCC(C)C1CCC2C3CC=C4C[C@@H](OC(=O)C(Br)C(C)C)CC[C@]4(C)C3CC[C@]12C. The first-order valence-corrected chi connectivity index (χ1v) is 15.9. The predicted octanol–water partition coefficient (Wildman–Crippen LogP) is 9.36. The molecule has 0 spiro atoms. The van der Waals surface area contributed by atoms with Gasteiger partial charge in [-0.05, 0) is 97.2 Å². The summed E-state index contributed by atoms with van der Waals surface area (Å²) >= 11 is 3.54. The highest BCUT2D eigenvalue weighted by atomic mass is 79.9. The molecule has 9 atom stereocenters. The van der Waals surface area contributed by atoms with E-state index in [1.807, 2.05) is 0 Å². The lowest BCUT2D eigenvalue weighted by atomic mass is 9.47. The molecule has 200 valence electrons. The van der Waals surface area contributed by atoms with Gasteiger partial charge in [-0.15, -0.1) is 0 Å². The van der Waals surface area contributed by atoms with Crippen molar-refractivity contribution in [2.45, 2.75) is 130 Å². The third-order valence-electron chi connectivity index (χ3n) is 11.4. The first kappa shape index (κ1) is 27.7. The van der Waals surface area contributed by atoms with Crippen LogP contribution in [0, 0.1) is 52.3 Å². The maximum absolute atomic E-state index is 12.6. The fraction of sp³-hybridized carbons (Fsp3) is 0.906. The van der Waals surface area contributed by atoms with E-state index in [1.165, 1.54) is 57.8 Å². The molecule has 4 aliphatic rings. The van der Waals surface area contributed by atoms with E-state index in [1.54, 1.807) is 5.57 Å². The van der Waals surface area contributed by atoms with Crippen LogP contribution < -0.4 is 0 Å². The number of rotatable bonds is 8. The highest BCUT2D eigenvalue weighted by Gasteiger charge is 2.59. The summed E-state index contributed by atoms with van der Waals surface area (Å²) in [6.07, 6.45) is 17.1. The Kier molecular flexibility index (Phi) is 8.57. The molecule has 4 aliphatic carbocycles. The Balaban J connectivity index is 1.43. The summed E-state index contributed by atoms with van der Waals surface area (Å²) in [5, 5.41) is 0. The molecule has 3 saturated carbocycles. The lowest BCUT2D eigenvalue weighted by Gasteiger charge is -2.58. The van der Waals surface area contributed by atoms with Gasteiger partial charge in [-0.3, -0.25) is 4.79 Å². The van der Waals surface area contributed by atoms with E-state index in [-0.39, 0.29) is 22.8 Å². The molecule has 0 bridgehead atoms. The van der Waals surface area contributed by atoms with Crippen LogP contribution in [0.25, 0.3) is 0 Å². The standard InChI is InChI=1S/C32H53BrO2/c1-20(2)9-8-10-22(5)26-13-14-27-25-12-11-23-19-24(35-30(34)29(33)21(3)4)15-17-31(23,6)28(25)16-18-32(26,27)7/h11,20-22,24-29H,8-10,12-19H2,1-7H3/t22?,24-,25?,26?,27?,28?,29?,31-,32+/m0/s1. The third-order valence-corrected chi connectivity index (χ3v) is 12.8. The van der Waals surface area contributed by atoms with Crippen LogP contribution in [0.15, 0.2) is 11.6 Å². The van der Waals surface area contributed by atoms with Gasteiger partial charge in [-0.1, -0.05) is 95.3 Å². The number of allylic oxidation sites excluding steroid dienone is 1. The molecule has 0 aromatic rings. The van der Waals surface area contributed by atoms with E-state index in [2.05, 4.69) is 70.5 Å². The molecule has 4 rings (SSSR count). The number of ether oxygens (including phenoxy) is 1. The molecule has 0 saturated heterocycles. The normalized spacial score (nSPS) is 40.5. The van der Waals surface area contributed by atoms with Gasteiger partial charge in [0.2, 0.25) is 0 Å². The molecule has 0 aromatic carbocycles. The first-order valence-electron chi connectivity index (χ1n) is 15.0. The van der Waals surface area contributed by atoms with Crippen molar-refractivity contribution in [1.29, 1.82) is 0 Å². The summed E-state index contributed by atoms with van der Waals surface area (Å²) in [5.74, 6) is 5.42. The second kappa shape index (κ2) is 10.8. The molecule has 0 amide bonds. The van der Waals surface area contributed by atoms with Crippen molar-refractivity contribution in [3.05, 3.63) is 11.6 Å². The number of fused-ring (bicyclic) bond motifs is 5. The Morgan fingerprint density at radius 3 is 2.46 bits per heavy atom. The zero-order valence-corrected chi connectivity index (χ0v) is 25.3. The molecule has 3 fully saturated rings. The summed E-state index contributed by atoms with van der Waals surface area (Å²) < 4.78 is 5.99. The number of hydrogen-bond donors (Lipinski definition) is 0. The molecular formula is C32H53BrO2. The average molecular weight is 550 g/mol. The molecule has 6 unspecified atom stereocenters. The van der Waals surface area contributed by atoms with Gasteiger partial charge in [0.1, 0.15) is 10.9 Å². The number of alkyl halides is 1. The summed E-state index contributed by atoms with van der Waals surface area (Å²) in [6.45, 7) is 16.7. The summed E-state index contributed by atoms with van der Waals surface area (Å²) in [6, 6.07) is 0. The van der Waals surface area contributed by atoms with E-state index in [9.17, 15) is 4.79 Å². The van der Waals surface area contributed by atoms with Gasteiger partial charge in [-0.25, -0.2) is 0 Å². The van der Waals surface area contributed by atoms with Crippen molar-refractivity contribution in [3.8, 4) is 0 Å². The number of carbonyl (C=O) groups is 1. The minimum absolute atomic E-state index is 0.0635. The Bertz CT molecular complexity index is 786. The topological polar surface area (TPSA) is 26.3 Å². The number of halogens is 1. The van der Waals surface area contributed by atoms with Gasteiger partial charge in [-0.2, -0.15) is 0 Å². The zero-order valence-electron chi connectivity index (χ0n) is 23.7. The van der Waals surface area contributed by atoms with E-state index < -0.39 is 0 Å². The van der Waals surface area contributed by atoms with Crippen LogP contribution in [0.3, 0.4) is 0 Å². The number of hydrogen-bond acceptors (Lipinski definition) is 2. The average Bonchev–Trinajstić information content (AvgIpc) is 3.15. The Morgan fingerprint density at radius 2 is 1.77 bits per heavy atom. The van der Waals surface area contributed by atoms with Crippen LogP contribution in [-0.2, 0) is 9.53 Å². The van der Waals surface area contributed by atoms with Crippen LogP contribution >= 0.6 is 15.9 Å². The molecule has 0 heterocycles. The predicted molar refractivity (Wildman–Crippen MR) is 150 cm³/mol. The molecule has 0 aliphatic heterocycles. The molecule has 35 heavy (non-hydrogen) atoms. The molecule has 0 aromatic heterocycles. The Morgan fingerprint density at radius 1 is 1.03 bits per heavy atom. The summed E-state index contributed by atoms with van der Waals surface area (Å²) in [5.41, 5.74) is 2.48. The van der Waals surface area contributed by atoms with Crippen molar-refractivity contribution in [2.24, 2.45) is 52.3 Å². The minimum Gasteiger partial charge on any atom is -0.461 e. The molecule has 3 heteroatoms. The van der Waals surface area contributed by atoms with Crippen molar-refractivity contribution < 1.29 is 9.53 Å². The van der Waals surface area contributed by atoms with Gasteiger partial charge in [0.15, 0.2) is 0 Å². The Hall–Kier alpha value is -0.310. The second-order valence-corrected chi connectivity index (χ2v) is 15.2. The number of carbonyl (C=O) groups excluding carboxylic acids is 1. The van der Waals surface area contributed by atoms with Crippen molar-refractivity contribution in [1.82, 2.24) is 0 Å². The summed E-state index contributed by atoms with van der Waals surface area (Å²) in [4.78, 5) is 12.4. The van der Waals surface area contributed by atoms with Crippen LogP contribution in [-0.4, -0.2) is 16.9 Å². The minimum atomic E-state index is -0.195. The van der Waals surface area contributed by atoms with E-state index in [0.717, 1.165) is 48.3 Å². The quantitative estimate of drug-likeness (QED) is 0.171. The largest absolute Gasteiger partial charge is 0.461 e. The van der Waals surface area contributed by atoms with Gasteiger partial charge < -0.3 is 4.74 Å². The fourth-order valence-electron chi connectivity index (χ4n) is 9.25. The van der Waals surface area contributed by atoms with Crippen molar-refractivity contribution >= 4 is 21.9 Å². The van der Waals surface area contributed by atoms with Crippen LogP contribution in [0.2, 0.25) is 0 Å². The maximum atomic E-state index is 12.6. The monoisotopic (exact) mass is 548 g/mol. The molecule has 0 radical (unpaired) electrons. The highest BCUT2D eigenvalue weighted by molar-refractivity contribution is 9.10. The molecular weight excluding hydrogens is 496 g/mol. The highest BCUT2D eigenvalue weighted by Crippen LogP contribution is 2.67. The molecule has 0 N–H and O–H groups in total. The summed E-state index contributed by atoms with van der Waals surface area (Å²) in [7, 11) is 0. The van der Waals surface area contributed by atoms with Crippen LogP contribution in [0.5, 0.6) is 0 Å². The van der Waals surface area contributed by atoms with E-state index in [4.69, 9.17) is 4.74 Å². The van der Waals surface area contributed by atoms with Crippen molar-refractivity contribution in [3.63, 3.8) is 0 Å². The van der Waals surface area contributed by atoms with Gasteiger partial charge >= 0.3 is 5.97 Å². The zero-order chi connectivity index (χ0) is 25.5. The lowest BCUT2D eigenvalue weighted by molar-refractivity contribution is -0.151. The number of esters is 1. The third kappa shape index (κ3) is 5.33. The lowest BCUT2D eigenvalue weighted by Crippen LogP contribution is -2.51. The van der Waals surface area contributed by atoms with Gasteiger partial charge in [0.05, 0.1) is 0 Å². The maximum Gasteiger partial charge on any atom is 0.320 e. The Labute approximate surface area is 224 Å². The van der Waals surface area contributed by atoms with E-state index >= 15 is 0 Å². The molecule has 2 nitrogen and oxygen atoms in total. The van der Waals surface area contributed by atoms with Crippen molar-refractivity contribution in [2.75, 3.05) is 0 Å².